The number of amides is 1. The molecule has 30 heavy (non-hydrogen) atoms. The van der Waals surface area contributed by atoms with E-state index in [9.17, 15) is 14.4 Å². The molecule has 1 saturated heterocycles. The van der Waals surface area contributed by atoms with Crippen LogP contribution in [0.1, 0.15) is 44.5 Å². The Kier molecular flexibility index (Phi) is 6.05. The van der Waals surface area contributed by atoms with Gasteiger partial charge in [0.05, 0.1) is 4.88 Å². The molecule has 2 heterocycles. The van der Waals surface area contributed by atoms with E-state index in [0.29, 0.717) is 29.0 Å². The molecule has 0 spiro atoms. The van der Waals surface area contributed by atoms with Crippen molar-refractivity contribution in [3.8, 4) is 0 Å². The van der Waals surface area contributed by atoms with Gasteiger partial charge in [0, 0.05) is 17.7 Å². The van der Waals surface area contributed by atoms with Crippen molar-refractivity contribution >= 4 is 29.0 Å². The van der Waals surface area contributed by atoms with Crippen molar-refractivity contribution in [3.05, 3.63) is 94.2 Å². The van der Waals surface area contributed by atoms with E-state index in [1.165, 1.54) is 11.3 Å². The van der Waals surface area contributed by atoms with Gasteiger partial charge in [0.2, 0.25) is 5.78 Å². The highest BCUT2D eigenvalue weighted by atomic mass is 32.1. The van der Waals surface area contributed by atoms with Crippen LogP contribution in [0.3, 0.4) is 0 Å². The van der Waals surface area contributed by atoms with Crippen LogP contribution in [0.15, 0.2) is 78.2 Å². The first-order valence-corrected chi connectivity index (χ1v) is 10.7. The summed E-state index contributed by atoms with van der Waals surface area (Å²) in [5.74, 6) is -1.00. The van der Waals surface area contributed by atoms with Gasteiger partial charge in [-0.25, -0.2) is 4.79 Å². The minimum absolute atomic E-state index is 0.171. The fourth-order valence-electron chi connectivity index (χ4n) is 3.65. The molecule has 2 unspecified atom stereocenters. The van der Waals surface area contributed by atoms with Crippen LogP contribution in [0, 0.1) is 0 Å². The Morgan fingerprint density at radius 3 is 2.30 bits per heavy atom. The van der Waals surface area contributed by atoms with Crippen LogP contribution in [0.4, 0.5) is 0 Å². The molecule has 0 saturated carbocycles. The Bertz CT molecular complexity index is 1020. The van der Waals surface area contributed by atoms with Gasteiger partial charge >= 0.3 is 5.97 Å². The molecule has 1 fully saturated rings. The molecule has 152 valence electrons. The molecule has 1 aliphatic heterocycles. The summed E-state index contributed by atoms with van der Waals surface area (Å²) in [6.07, 6.45) is 0.191. The summed E-state index contributed by atoms with van der Waals surface area (Å²) < 4.78 is 5.76. The van der Waals surface area contributed by atoms with E-state index < -0.39 is 18.1 Å². The number of esters is 1. The third-order valence-electron chi connectivity index (χ3n) is 5.15. The van der Waals surface area contributed by atoms with Gasteiger partial charge in [-0.05, 0) is 24.3 Å². The Morgan fingerprint density at radius 2 is 1.63 bits per heavy atom. The molecule has 4 rings (SSSR count). The van der Waals surface area contributed by atoms with Gasteiger partial charge in [0.25, 0.3) is 5.91 Å². The molecule has 0 aliphatic carbocycles. The van der Waals surface area contributed by atoms with Crippen molar-refractivity contribution in [2.45, 2.75) is 25.0 Å². The zero-order valence-corrected chi connectivity index (χ0v) is 17.1. The van der Waals surface area contributed by atoms with Crippen LogP contribution in [0.2, 0.25) is 0 Å². The molecule has 0 radical (unpaired) electrons. The monoisotopic (exact) mass is 419 g/mol. The molecular formula is C24H21NO4S. The number of ketones is 1. The van der Waals surface area contributed by atoms with E-state index in [2.05, 4.69) is 0 Å². The van der Waals surface area contributed by atoms with Crippen LogP contribution in [0.5, 0.6) is 0 Å². The summed E-state index contributed by atoms with van der Waals surface area (Å²) in [6, 6.07) is 20.6. The third-order valence-corrected chi connectivity index (χ3v) is 6.01. The fraction of sp³-hybridized carbons (Fsp3) is 0.208. The molecule has 1 amide bonds. The maximum absolute atomic E-state index is 13.1. The van der Waals surface area contributed by atoms with Crippen LogP contribution in [-0.4, -0.2) is 35.1 Å². The van der Waals surface area contributed by atoms with Crippen LogP contribution < -0.4 is 0 Å². The molecular weight excluding hydrogens is 398 g/mol. The highest BCUT2D eigenvalue weighted by Gasteiger charge is 2.38. The topological polar surface area (TPSA) is 63.7 Å². The van der Waals surface area contributed by atoms with Crippen molar-refractivity contribution in [1.82, 2.24) is 4.90 Å². The van der Waals surface area contributed by atoms with Gasteiger partial charge in [0.1, 0.15) is 6.04 Å². The minimum Gasteiger partial charge on any atom is -0.447 e. The number of thiophene rings is 1. The molecule has 0 bridgehead atoms. The minimum atomic E-state index is -1.06. The molecule has 5 nitrogen and oxygen atoms in total. The molecule has 2 aromatic carbocycles. The zero-order valence-electron chi connectivity index (χ0n) is 16.3. The van der Waals surface area contributed by atoms with Gasteiger partial charge in [-0.15, -0.1) is 11.3 Å². The molecule has 1 aromatic heterocycles. The summed E-state index contributed by atoms with van der Waals surface area (Å²) in [5.41, 5.74) is 1.07. The van der Waals surface area contributed by atoms with Crippen LogP contribution in [0.25, 0.3) is 0 Å². The predicted octanol–water partition coefficient (Wildman–Crippen LogP) is 4.52. The lowest BCUT2D eigenvalue weighted by Gasteiger charge is -2.25. The second kappa shape index (κ2) is 9.05. The average molecular weight is 420 g/mol. The lowest BCUT2D eigenvalue weighted by atomic mass is 9.99. The number of likely N-dealkylation sites (tertiary alicyclic amines) is 1. The first-order valence-electron chi connectivity index (χ1n) is 9.84. The van der Waals surface area contributed by atoms with Crippen molar-refractivity contribution in [2.24, 2.45) is 0 Å². The Balaban J connectivity index is 1.57. The Morgan fingerprint density at radius 1 is 0.933 bits per heavy atom. The first-order chi connectivity index (χ1) is 14.6. The Hall–Kier alpha value is -3.25. The normalized spacial score (nSPS) is 16.8. The van der Waals surface area contributed by atoms with Crippen molar-refractivity contribution < 1.29 is 19.1 Å². The number of rotatable bonds is 6. The van der Waals surface area contributed by atoms with E-state index in [-0.39, 0.29) is 11.7 Å². The van der Waals surface area contributed by atoms with Gasteiger partial charge in [0.15, 0.2) is 6.10 Å². The summed E-state index contributed by atoms with van der Waals surface area (Å²) >= 11 is 1.35. The smallest absolute Gasteiger partial charge is 0.329 e. The predicted molar refractivity (Wildman–Crippen MR) is 114 cm³/mol. The Labute approximate surface area is 178 Å². The lowest BCUT2D eigenvalue weighted by molar-refractivity contribution is -0.151. The summed E-state index contributed by atoms with van der Waals surface area (Å²) in [5, 5.41) is 1.83. The van der Waals surface area contributed by atoms with Gasteiger partial charge in [-0.2, -0.15) is 0 Å². The fourth-order valence-corrected chi connectivity index (χ4v) is 4.32. The maximum atomic E-state index is 13.1. The van der Waals surface area contributed by atoms with Crippen molar-refractivity contribution in [3.63, 3.8) is 0 Å². The number of benzene rings is 2. The lowest BCUT2D eigenvalue weighted by Crippen LogP contribution is -2.42. The van der Waals surface area contributed by atoms with E-state index in [4.69, 9.17) is 4.74 Å². The highest BCUT2D eigenvalue weighted by Crippen LogP contribution is 2.28. The average Bonchev–Trinajstić information content (AvgIpc) is 3.50. The third kappa shape index (κ3) is 4.19. The summed E-state index contributed by atoms with van der Waals surface area (Å²) in [6.45, 7) is 0.499. The number of hydrogen-bond donors (Lipinski definition) is 0. The molecule has 3 aromatic rings. The molecule has 0 N–H and O–H groups in total. The number of nitrogens with zero attached hydrogens (tertiary/aromatic N) is 1. The molecule has 2 atom stereocenters. The quantitative estimate of drug-likeness (QED) is 0.435. The van der Waals surface area contributed by atoms with Crippen LogP contribution in [-0.2, 0) is 9.53 Å². The molecule has 6 heteroatoms. The van der Waals surface area contributed by atoms with Crippen molar-refractivity contribution in [1.29, 1.82) is 0 Å². The standard InChI is InChI=1S/C24H21NO4S/c26-21(17-9-3-1-4-10-17)22(18-11-5-2-6-12-18)29-24(28)19-13-7-15-25(19)23(27)20-14-8-16-30-20/h1-6,8-12,14,16,19,22H,7,13,15H2. The number of carbonyl (C=O) groups excluding carboxylic acids is 3. The van der Waals surface area contributed by atoms with E-state index in [0.717, 1.165) is 6.42 Å². The number of carbonyl (C=O) groups is 3. The van der Waals surface area contributed by atoms with E-state index >= 15 is 0 Å². The van der Waals surface area contributed by atoms with E-state index in [1.807, 2.05) is 23.6 Å². The second-order valence-electron chi connectivity index (χ2n) is 7.09. The highest BCUT2D eigenvalue weighted by molar-refractivity contribution is 7.12. The second-order valence-corrected chi connectivity index (χ2v) is 8.04. The number of hydrogen-bond acceptors (Lipinski definition) is 5. The number of ether oxygens (including phenoxy) is 1. The van der Waals surface area contributed by atoms with E-state index in [1.54, 1.807) is 59.5 Å². The maximum Gasteiger partial charge on any atom is 0.329 e. The SMILES string of the molecule is O=C(c1ccccc1)C(OC(=O)C1CCCN1C(=O)c1cccs1)c1ccccc1. The first kappa shape index (κ1) is 20.0. The van der Waals surface area contributed by atoms with Crippen molar-refractivity contribution in [2.75, 3.05) is 6.54 Å². The van der Waals surface area contributed by atoms with Crippen LogP contribution >= 0.6 is 11.3 Å². The zero-order chi connectivity index (χ0) is 20.9. The van der Waals surface area contributed by atoms with Gasteiger partial charge in [-0.3, -0.25) is 9.59 Å². The summed E-state index contributed by atoms with van der Waals surface area (Å²) in [4.78, 5) is 41.2. The van der Waals surface area contributed by atoms with Gasteiger partial charge < -0.3 is 9.64 Å². The van der Waals surface area contributed by atoms with Gasteiger partial charge in [-0.1, -0.05) is 66.7 Å². The summed E-state index contributed by atoms with van der Waals surface area (Å²) in [7, 11) is 0. The molecule has 1 aliphatic rings. The number of Topliss-reactive ketones (excluding diaryl/α,β-unsaturated/α-hetero) is 1. The largest absolute Gasteiger partial charge is 0.447 e.